The van der Waals surface area contributed by atoms with Crippen LogP contribution in [0.4, 0.5) is 4.79 Å². The number of benzene rings is 1. The van der Waals surface area contributed by atoms with Gasteiger partial charge < -0.3 is 10.4 Å². The molecule has 5 nitrogen and oxygen atoms in total. The Hall–Kier alpha value is -2.01. The molecule has 1 heterocycles. The lowest BCUT2D eigenvalue weighted by Gasteiger charge is -2.01. The zero-order chi connectivity index (χ0) is 12.6. The topological polar surface area (TPSA) is 69.6 Å². The minimum absolute atomic E-state index is 0.0153. The van der Waals surface area contributed by atoms with E-state index in [9.17, 15) is 14.7 Å². The Labute approximate surface area is 102 Å². The van der Waals surface area contributed by atoms with Crippen molar-refractivity contribution in [1.29, 1.82) is 0 Å². The van der Waals surface area contributed by atoms with Crippen molar-refractivity contribution >= 4 is 29.6 Å². The second kappa shape index (κ2) is 4.10. The van der Waals surface area contributed by atoms with E-state index in [2.05, 4.69) is 5.32 Å². The minimum Gasteiger partial charge on any atom is -0.507 e. The van der Waals surface area contributed by atoms with E-state index in [4.69, 9.17) is 11.6 Å². The summed E-state index contributed by atoms with van der Waals surface area (Å²) in [7, 11) is 1.37. The lowest BCUT2D eigenvalue weighted by atomic mass is 10.1. The summed E-state index contributed by atoms with van der Waals surface area (Å²) in [6.07, 6.45) is 1.38. The third-order valence-corrected chi connectivity index (χ3v) is 2.61. The van der Waals surface area contributed by atoms with Crippen LogP contribution in [0.1, 0.15) is 5.56 Å². The van der Waals surface area contributed by atoms with Gasteiger partial charge in [0, 0.05) is 17.6 Å². The van der Waals surface area contributed by atoms with Crippen molar-refractivity contribution in [2.75, 3.05) is 7.05 Å². The van der Waals surface area contributed by atoms with Crippen LogP contribution in [-0.2, 0) is 4.79 Å². The van der Waals surface area contributed by atoms with Crippen LogP contribution in [0.3, 0.4) is 0 Å². The van der Waals surface area contributed by atoms with Gasteiger partial charge in [0.25, 0.3) is 5.91 Å². The maximum absolute atomic E-state index is 11.6. The van der Waals surface area contributed by atoms with Crippen LogP contribution < -0.4 is 5.32 Å². The molecule has 0 unspecified atom stereocenters. The van der Waals surface area contributed by atoms with Gasteiger partial charge in [0.15, 0.2) is 0 Å². The molecule has 0 radical (unpaired) electrons. The lowest BCUT2D eigenvalue weighted by molar-refractivity contribution is -0.121. The number of nitrogens with one attached hydrogen (secondary N) is 1. The number of nitrogens with zero attached hydrogens (tertiary/aromatic N) is 1. The number of amides is 3. The zero-order valence-corrected chi connectivity index (χ0v) is 9.65. The highest BCUT2D eigenvalue weighted by Gasteiger charge is 2.30. The maximum Gasteiger partial charge on any atom is 0.328 e. The first-order valence-corrected chi connectivity index (χ1v) is 5.16. The monoisotopic (exact) mass is 252 g/mol. The molecule has 0 saturated carbocycles. The fraction of sp³-hybridized carbons (Fsp3) is 0.0909. The van der Waals surface area contributed by atoms with Gasteiger partial charge in [-0.2, -0.15) is 0 Å². The number of hydrogen-bond acceptors (Lipinski definition) is 3. The van der Waals surface area contributed by atoms with Gasteiger partial charge in [0.2, 0.25) is 0 Å². The Bertz CT molecular complexity index is 540. The van der Waals surface area contributed by atoms with Gasteiger partial charge in [-0.1, -0.05) is 11.6 Å². The molecule has 1 aromatic rings. The first kappa shape index (κ1) is 11.5. The van der Waals surface area contributed by atoms with Gasteiger partial charge in [-0.3, -0.25) is 9.69 Å². The SMILES string of the molecule is CN1C(=O)N/C(=C/c2cc(Cl)ccc2O)C1=O. The standard InChI is InChI=1S/C11H9ClN2O3/c1-14-10(16)8(13-11(14)17)5-6-4-7(12)2-3-9(6)15/h2-5,15H,1H3,(H,13,17)/b8-5+. The summed E-state index contributed by atoms with van der Waals surface area (Å²) in [6.45, 7) is 0. The predicted molar refractivity (Wildman–Crippen MR) is 62.4 cm³/mol. The number of rotatable bonds is 1. The summed E-state index contributed by atoms with van der Waals surface area (Å²) in [5.74, 6) is -0.465. The van der Waals surface area contributed by atoms with Crippen LogP contribution in [0.15, 0.2) is 23.9 Å². The second-order valence-electron chi connectivity index (χ2n) is 3.56. The molecular weight excluding hydrogens is 244 g/mol. The van der Waals surface area contributed by atoms with Gasteiger partial charge in [-0.05, 0) is 24.3 Å². The van der Waals surface area contributed by atoms with Crippen molar-refractivity contribution < 1.29 is 14.7 Å². The van der Waals surface area contributed by atoms with E-state index in [1.54, 1.807) is 0 Å². The Kier molecular flexibility index (Phi) is 2.77. The van der Waals surface area contributed by atoms with E-state index in [1.165, 1.54) is 31.3 Å². The molecule has 0 aliphatic carbocycles. The van der Waals surface area contributed by atoms with Crippen LogP contribution in [0.2, 0.25) is 5.02 Å². The van der Waals surface area contributed by atoms with Crippen molar-refractivity contribution in [3.05, 3.63) is 34.5 Å². The number of carbonyl (C=O) groups excluding carboxylic acids is 2. The lowest BCUT2D eigenvalue weighted by Crippen LogP contribution is -2.25. The number of hydrogen-bond donors (Lipinski definition) is 2. The van der Waals surface area contributed by atoms with E-state index >= 15 is 0 Å². The zero-order valence-electron chi connectivity index (χ0n) is 8.90. The van der Waals surface area contributed by atoms with Crippen molar-refractivity contribution in [2.45, 2.75) is 0 Å². The van der Waals surface area contributed by atoms with Gasteiger partial charge in [0.1, 0.15) is 11.4 Å². The summed E-state index contributed by atoms with van der Waals surface area (Å²) < 4.78 is 0. The molecule has 88 valence electrons. The van der Waals surface area contributed by atoms with Crippen LogP contribution >= 0.6 is 11.6 Å². The maximum atomic E-state index is 11.6. The average molecular weight is 253 g/mol. The molecular formula is C11H9ClN2O3. The van der Waals surface area contributed by atoms with Gasteiger partial charge >= 0.3 is 6.03 Å². The van der Waals surface area contributed by atoms with Crippen LogP contribution in [-0.4, -0.2) is 29.0 Å². The fourth-order valence-electron chi connectivity index (χ4n) is 1.42. The molecule has 2 N–H and O–H groups in total. The molecule has 1 aromatic carbocycles. The Morgan fingerprint density at radius 3 is 2.71 bits per heavy atom. The van der Waals surface area contributed by atoms with Gasteiger partial charge in [0.05, 0.1) is 0 Å². The van der Waals surface area contributed by atoms with Crippen LogP contribution in [0.25, 0.3) is 6.08 Å². The number of phenols is 1. The number of likely N-dealkylation sites (N-methyl/N-ethyl adjacent to an activating group) is 1. The first-order chi connectivity index (χ1) is 7.99. The predicted octanol–water partition coefficient (Wildman–Crippen LogP) is 1.57. The minimum atomic E-state index is -0.497. The highest BCUT2D eigenvalue weighted by atomic mass is 35.5. The molecule has 0 spiro atoms. The summed E-state index contributed by atoms with van der Waals surface area (Å²) in [5.41, 5.74) is 0.478. The van der Waals surface area contributed by atoms with Crippen molar-refractivity contribution in [3.8, 4) is 5.75 Å². The molecule has 1 aliphatic rings. The first-order valence-electron chi connectivity index (χ1n) is 4.78. The highest BCUT2D eigenvalue weighted by Crippen LogP contribution is 2.24. The molecule has 1 aliphatic heterocycles. The fourth-order valence-corrected chi connectivity index (χ4v) is 1.60. The van der Waals surface area contributed by atoms with E-state index in [0.29, 0.717) is 10.6 Å². The van der Waals surface area contributed by atoms with Crippen molar-refractivity contribution in [3.63, 3.8) is 0 Å². The van der Waals surface area contributed by atoms with E-state index in [-0.39, 0.29) is 11.4 Å². The molecule has 1 fully saturated rings. The number of halogens is 1. The Morgan fingerprint density at radius 1 is 1.41 bits per heavy atom. The number of phenolic OH excluding ortho intramolecular Hbond substituents is 1. The quantitative estimate of drug-likeness (QED) is 0.589. The molecule has 1 saturated heterocycles. The van der Waals surface area contributed by atoms with Crippen LogP contribution in [0.5, 0.6) is 5.75 Å². The normalized spacial score (nSPS) is 17.8. The molecule has 0 bridgehead atoms. The molecule has 0 atom stereocenters. The molecule has 2 rings (SSSR count). The van der Waals surface area contributed by atoms with E-state index < -0.39 is 11.9 Å². The molecule has 6 heteroatoms. The Morgan fingerprint density at radius 2 is 2.12 bits per heavy atom. The molecule has 3 amide bonds. The van der Waals surface area contributed by atoms with Crippen molar-refractivity contribution in [1.82, 2.24) is 10.2 Å². The number of carbonyl (C=O) groups is 2. The van der Waals surface area contributed by atoms with E-state index in [1.807, 2.05) is 0 Å². The Balaban J connectivity index is 2.40. The summed E-state index contributed by atoms with van der Waals surface area (Å²) >= 11 is 5.77. The molecule has 0 aromatic heterocycles. The number of imide groups is 1. The van der Waals surface area contributed by atoms with Gasteiger partial charge in [-0.25, -0.2) is 4.79 Å². The average Bonchev–Trinajstić information content (AvgIpc) is 2.52. The third kappa shape index (κ3) is 2.09. The second-order valence-corrected chi connectivity index (χ2v) is 3.99. The highest BCUT2D eigenvalue weighted by molar-refractivity contribution is 6.30. The van der Waals surface area contributed by atoms with Crippen LogP contribution in [0, 0.1) is 0 Å². The molecule has 17 heavy (non-hydrogen) atoms. The third-order valence-electron chi connectivity index (χ3n) is 2.37. The summed E-state index contributed by atoms with van der Waals surface area (Å²) in [6, 6.07) is 3.95. The smallest absolute Gasteiger partial charge is 0.328 e. The van der Waals surface area contributed by atoms with Gasteiger partial charge in [-0.15, -0.1) is 0 Å². The largest absolute Gasteiger partial charge is 0.507 e. The number of urea groups is 1. The van der Waals surface area contributed by atoms with Crippen molar-refractivity contribution in [2.24, 2.45) is 0 Å². The number of aromatic hydroxyl groups is 1. The van der Waals surface area contributed by atoms with E-state index in [0.717, 1.165) is 4.90 Å². The summed E-state index contributed by atoms with van der Waals surface area (Å²) in [4.78, 5) is 23.7. The summed E-state index contributed by atoms with van der Waals surface area (Å²) in [5, 5.41) is 12.4.